The van der Waals surface area contributed by atoms with Crippen molar-refractivity contribution in [3.63, 3.8) is 0 Å². The second-order valence-electron chi connectivity index (χ2n) is 7.52. The molecule has 0 spiro atoms. The molecule has 0 amide bonds. The van der Waals surface area contributed by atoms with Crippen molar-refractivity contribution in [2.45, 2.75) is 19.5 Å². The van der Waals surface area contributed by atoms with Crippen molar-refractivity contribution in [3.05, 3.63) is 101 Å². The molecule has 0 aliphatic heterocycles. The maximum Gasteiger partial charge on any atom is 0.573 e. The van der Waals surface area contributed by atoms with Crippen molar-refractivity contribution < 1.29 is 31.8 Å². The van der Waals surface area contributed by atoms with E-state index in [2.05, 4.69) is 14.9 Å². The number of carbonyl (C=O) groups excluding carboxylic acids is 1. The molecule has 1 heterocycles. The minimum absolute atomic E-state index is 0.0266. The summed E-state index contributed by atoms with van der Waals surface area (Å²) in [5.74, 6) is -1.61. The van der Waals surface area contributed by atoms with Gasteiger partial charge in [-0.15, -0.1) is 28.2 Å². The lowest BCUT2D eigenvalue weighted by Crippen LogP contribution is -2.17. The van der Waals surface area contributed by atoms with Gasteiger partial charge in [-0.3, -0.25) is 0 Å². The van der Waals surface area contributed by atoms with E-state index in [1.54, 1.807) is 30.3 Å². The van der Waals surface area contributed by atoms with E-state index in [9.17, 15) is 27.6 Å². The molecule has 182 valence electrons. The van der Waals surface area contributed by atoms with Crippen LogP contribution in [0.4, 0.5) is 17.6 Å². The van der Waals surface area contributed by atoms with E-state index >= 15 is 0 Å². The fraction of sp³-hybridized carbons (Fsp3) is 0.120. The van der Waals surface area contributed by atoms with Crippen LogP contribution in [0.1, 0.15) is 27.2 Å². The van der Waals surface area contributed by atoms with Gasteiger partial charge < -0.3 is 9.47 Å². The highest BCUT2D eigenvalue weighted by Crippen LogP contribution is 2.31. The number of carbonyl (C=O) groups is 1. The molecule has 0 aliphatic rings. The number of nitrogens with zero attached hydrogens (tertiary/aromatic N) is 4. The molecule has 11 heteroatoms. The quantitative estimate of drug-likeness (QED) is 0.256. The van der Waals surface area contributed by atoms with Crippen molar-refractivity contribution in [1.29, 1.82) is 5.26 Å². The molecule has 0 saturated carbocycles. The fourth-order valence-electron chi connectivity index (χ4n) is 3.38. The van der Waals surface area contributed by atoms with Gasteiger partial charge in [-0.05, 0) is 60.0 Å². The Morgan fingerprint density at radius 1 is 0.972 bits per heavy atom. The maximum atomic E-state index is 13.2. The number of halogens is 4. The Morgan fingerprint density at radius 2 is 1.69 bits per heavy atom. The van der Waals surface area contributed by atoms with Crippen molar-refractivity contribution in [2.75, 3.05) is 0 Å². The second kappa shape index (κ2) is 10.3. The lowest BCUT2D eigenvalue weighted by Gasteiger charge is -2.12. The Morgan fingerprint density at radius 3 is 2.36 bits per heavy atom. The molecule has 0 saturated heterocycles. The topological polar surface area (TPSA) is 90.0 Å². The highest BCUT2D eigenvalue weighted by Gasteiger charge is 2.31. The summed E-state index contributed by atoms with van der Waals surface area (Å²) in [6.07, 6.45) is -4.79. The Labute approximate surface area is 202 Å². The van der Waals surface area contributed by atoms with E-state index in [0.717, 1.165) is 10.9 Å². The Balaban J connectivity index is 1.64. The van der Waals surface area contributed by atoms with Crippen LogP contribution in [0.5, 0.6) is 5.75 Å². The van der Waals surface area contributed by atoms with Crippen LogP contribution in [0.3, 0.4) is 0 Å². The minimum atomic E-state index is -4.95. The highest BCUT2D eigenvalue weighted by atomic mass is 19.4. The fourth-order valence-corrected chi connectivity index (χ4v) is 3.38. The Hall–Kier alpha value is -4.72. The average Bonchev–Trinajstić information content (AvgIpc) is 3.27. The molecular weight excluding hydrogens is 480 g/mol. The minimum Gasteiger partial charge on any atom is -0.437 e. The first kappa shape index (κ1) is 24.4. The molecule has 4 aromatic rings. The van der Waals surface area contributed by atoms with Gasteiger partial charge >= 0.3 is 12.3 Å². The summed E-state index contributed by atoms with van der Waals surface area (Å²) in [5, 5.41) is 17.6. The predicted octanol–water partition coefficient (Wildman–Crippen LogP) is 5.26. The number of ether oxygens (including phenoxy) is 2. The number of aromatic nitrogens is 3. The molecule has 0 unspecified atom stereocenters. The van der Waals surface area contributed by atoms with Gasteiger partial charge in [0, 0.05) is 5.56 Å². The molecule has 0 radical (unpaired) electrons. The largest absolute Gasteiger partial charge is 0.573 e. The smallest absolute Gasteiger partial charge is 0.437 e. The van der Waals surface area contributed by atoms with Gasteiger partial charge in [-0.25, -0.2) is 9.18 Å². The zero-order valence-electron chi connectivity index (χ0n) is 18.4. The third-order valence-corrected chi connectivity index (χ3v) is 4.88. The molecule has 0 N–H and O–H groups in total. The van der Waals surface area contributed by atoms with Crippen LogP contribution < -0.4 is 4.74 Å². The predicted molar refractivity (Wildman–Crippen MR) is 118 cm³/mol. The molecule has 1 aromatic heterocycles. The van der Waals surface area contributed by atoms with Gasteiger partial charge in [0.05, 0.1) is 5.56 Å². The molecule has 0 fully saturated rings. The summed E-state index contributed by atoms with van der Waals surface area (Å²) in [5.41, 5.74) is 1.25. The molecule has 4 rings (SSSR count). The lowest BCUT2D eigenvalue weighted by atomic mass is 10.0. The summed E-state index contributed by atoms with van der Waals surface area (Å²) in [4.78, 5) is 13.1. The van der Waals surface area contributed by atoms with E-state index in [4.69, 9.17) is 4.74 Å². The monoisotopic (exact) mass is 496 g/mol. The molecule has 36 heavy (non-hydrogen) atoms. The van der Waals surface area contributed by atoms with Gasteiger partial charge in [0.15, 0.2) is 5.69 Å². The van der Waals surface area contributed by atoms with E-state index in [0.29, 0.717) is 16.7 Å². The zero-order valence-corrected chi connectivity index (χ0v) is 18.4. The van der Waals surface area contributed by atoms with Gasteiger partial charge in [0.25, 0.3) is 0 Å². The number of benzene rings is 3. The van der Waals surface area contributed by atoms with Crippen molar-refractivity contribution in [3.8, 4) is 23.1 Å². The highest BCUT2D eigenvalue weighted by molar-refractivity contribution is 5.89. The zero-order chi connectivity index (χ0) is 25.7. The maximum absolute atomic E-state index is 13.2. The Bertz CT molecular complexity index is 1410. The first-order chi connectivity index (χ1) is 17.2. The summed E-state index contributed by atoms with van der Waals surface area (Å²) < 4.78 is 61.3. The number of hydrogen-bond donors (Lipinski definition) is 0. The molecular formula is C25H16F4N4O3. The van der Waals surface area contributed by atoms with Crippen LogP contribution in [0.2, 0.25) is 0 Å². The number of nitriles is 1. The van der Waals surface area contributed by atoms with Gasteiger partial charge in [0.2, 0.25) is 6.73 Å². The average molecular weight is 496 g/mol. The van der Waals surface area contributed by atoms with Crippen LogP contribution in [-0.4, -0.2) is 27.3 Å². The van der Waals surface area contributed by atoms with Crippen molar-refractivity contribution in [2.24, 2.45) is 0 Å². The molecule has 3 aromatic carbocycles. The number of hydrogen-bond acceptors (Lipinski definition) is 6. The van der Waals surface area contributed by atoms with E-state index in [1.165, 1.54) is 36.4 Å². The number of rotatable bonds is 7. The van der Waals surface area contributed by atoms with Crippen LogP contribution >= 0.6 is 0 Å². The first-order valence-electron chi connectivity index (χ1n) is 10.4. The van der Waals surface area contributed by atoms with Crippen LogP contribution in [0, 0.1) is 17.1 Å². The standard InChI is InChI=1S/C25H16F4N4O3/c26-20-8-6-16(7-9-20)10-17-11-19(13-21(12-17)36-25(27,28)29)23-22(14-30)31-33(32-23)15-35-24(34)18-4-2-1-3-5-18/h1-9,11-13H,10,15H2. The number of alkyl halides is 3. The summed E-state index contributed by atoms with van der Waals surface area (Å²) in [6, 6.07) is 19.3. The summed E-state index contributed by atoms with van der Waals surface area (Å²) in [6.45, 7) is -0.427. The summed E-state index contributed by atoms with van der Waals surface area (Å²) >= 11 is 0. The molecule has 7 nitrogen and oxygen atoms in total. The normalized spacial score (nSPS) is 11.1. The van der Waals surface area contributed by atoms with E-state index < -0.39 is 30.6 Å². The van der Waals surface area contributed by atoms with Gasteiger partial charge in [0.1, 0.15) is 23.3 Å². The van der Waals surface area contributed by atoms with Crippen LogP contribution in [0.25, 0.3) is 11.3 Å². The van der Waals surface area contributed by atoms with Crippen LogP contribution in [-0.2, 0) is 17.9 Å². The van der Waals surface area contributed by atoms with Crippen LogP contribution in [0.15, 0.2) is 72.8 Å². The first-order valence-corrected chi connectivity index (χ1v) is 10.4. The van der Waals surface area contributed by atoms with E-state index in [-0.39, 0.29) is 23.4 Å². The molecule has 0 aliphatic carbocycles. The third kappa shape index (κ3) is 6.24. The SMILES string of the molecule is N#Cc1nn(COC(=O)c2ccccc2)nc1-c1cc(Cc2ccc(F)cc2)cc(OC(F)(F)F)c1. The molecule has 0 bridgehead atoms. The van der Waals surface area contributed by atoms with Crippen molar-refractivity contribution >= 4 is 5.97 Å². The lowest BCUT2D eigenvalue weighted by molar-refractivity contribution is -0.274. The second-order valence-corrected chi connectivity index (χ2v) is 7.52. The van der Waals surface area contributed by atoms with E-state index in [1.807, 2.05) is 6.07 Å². The van der Waals surface area contributed by atoms with Crippen molar-refractivity contribution in [1.82, 2.24) is 15.0 Å². The summed E-state index contributed by atoms with van der Waals surface area (Å²) in [7, 11) is 0. The molecule has 0 atom stereocenters. The number of esters is 1. The Kier molecular flexibility index (Phi) is 6.96. The third-order valence-electron chi connectivity index (χ3n) is 4.88. The van der Waals surface area contributed by atoms with Gasteiger partial charge in [-0.2, -0.15) is 5.26 Å². The van der Waals surface area contributed by atoms with Gasteiger partial charge in [-0.1, -0.05) is 30.3 Å².